The van der Waals surface area contributed by atoms with Crippen LogP contribution in [0.1, 0.15) is 15.9 Å². The molecule has 0 spiro atoms. The van der Waals surface area contributed by atoms with Gasteiger partial charge in [-0.05, 0) is 66.4 Å². The van der Waals surface area contributed by atoms with Crippen LogP contribution in [-0.2, 0) is 6.42 Å². The van der Waals surface area contributed by atoms with Gasteiger partial charge < -0.3 is 10.1 Å². The van der Waals surface area contributed by atoms with Gasteiger partial charge in [0.1, 0.15) is 5.75 Å². The first-order valence-corrected chi connectivity index (χ1v) is 8.94. The van der Waals surface area contributed by atoms with Crippen LogP contribution >= 0.6 is 22.6 Å². The fourth-order valence-corrected chi connectivity index (χ4v) is 4.17. The lowest BCUT2D eigenvalue weighted by molar-refractivity contribution is 0.0973. The predicted molar refractivity (Wildman–Crippen MR) is 104 cm³/mol. The van der Waals surface area contributed by atoms with Gasteiger partial charge in [0.25, 0.3) is 5.91 Å². The Balaban J connectivity index is 2.09. The Kier molecular flexibility index (Phi) is 3.85. The van der Waals surface area contributed by atoms with Crippen LogP contribution in [0, 0.1) is 3.57 Å². The zero-order chi connectivity index (χ0) is 16.8. The largest absolute Gasteiger partial charge is 0.496 e. The number of ether oxygens (including phenoxy) is 1. The van der Waals surface area contributed by atoms with E-state index in [-0.39, 0.29) is 5.91 Å². The molecule has 5 heteroatoms. The van der Waals surface area contributed by atoms with E-state index in [2.05, 4.69) is 34.0 Å². The normalized spacial score (nSPS) is 12.5. The van der Waals surface area contributed by atoms with Crippen LogP contribution in [0.4, 0.5) is 0 Å². The first kappa shape index (κ1) is 15.7. The summed E-state index contributed by atoms with van der Waals surface area (Å²) >= 11 is 2.26. The molecular formula is C19H17IN2O2. The van der Waals surface area contributed by atoms with Gasteiger partial charge in [0.15, 0.2) is 0 Å². The second-order valence-corrected chi connectivity index (χ2v) is 7.03. The minimum atomic E-state index is 0.0577. The molecule has 1 aliphatic heterocycles. The van der Waals surface area contributed by atoms with E-state index in [1.165, 1.54) is 5.56 Å². The number of hydrogen-bond acceptors (Lipinski definition) is 3. The van der Waals surface area contributed by atoms with Crippen molar-refractivity contribution in [2.45, 2.75) is 6.42 Å². The molecule has 3 aromatic rings. The number of carbonyl (C=O) groups excluding carboxylic acids is 1. The Morgan fingerprint density at radius 3 is 2.67 bits per heavy atom. The Labute approximate surface area is 153 Å². The Morgan fingerprint density at radius 1 is 1.21 bits per heavy atom. The molecular weight excluding hydrogens is 415 g/mol. The number of halogens is 1. The molecule has 0 bridgehead atoms. The average Bonchev–Trinajstić information content (AvgIpc) is 3.06. The summed E-state index contributed by atoms with van der Waals surface area (Å²) in [7, 11) is 3.63. The highest BCUT2D eigenvalue weighted by Crippen LogP contribution is 2.43. The molecule has 4 nitrogen and oxygen atoms in total. The molecule has 0 atom stereocenters. The highest BCUT2D eigenvalue weighted by molar-refractivity contribution is 14.1. The van der Waals surface area contributed by atoms with E-state index >= 15 is 0 Å². The topological polar surface area (TPSA) is 43.3 Å². The summed E-state index contributed by atoms with van der Waals surface area (Å²) in [4.78, 5) is 13.0. The number of fused-ring (bicyclic) bond motifs is 5. The van der Waals surface area contributed by atoms with Crippen LogP contribution in [-0.4, -0.2) is 31.2 Å². The molecule has 122 valence electrons. The summed E-state index contributed by atoms with van der Waals surface area (Å²) in [5.41, 5.74) is 5.00. The van der Waals surface area contributed by atoms with Crippen LogP contribution in [0.5, 0.6) is 5.75 Å². The van der Waals surface area contributed by atoms with Crippen LogP contribution in [0.25, 0.3) is 22.2 Å². The van der Waals surface area contributed by atoms with Gasteiger partial charge in [-0.2, -0.15) is 0 Å². The molecule has 0 radical (unpaired) electrons. The number of hydrogen-bond donors (Lipinski definition) is 1. The van der Waals surface area contributed by atoms with Crippen molar-refractivity contribution in [2.24, 2.45) is 0 Å². The summed E-state index contributed by atoms with van der Waals surface area (Å²) in [5, 5.41) is 4.31. The second-order valence-electron chi connectivity index (χ2n) is 5.87. The number of rotatable bonds is 4. The summed E-state index contributed by atoms with van der Waals surface area (Å²) in [6.45, 7) is 0.858. The average molecular weight is 432 g/mol. The molecule has 0 aliphatic carbocycles. The minimum Gasteiger partial charge on any atom is -0.496 e. The lowest BCUT2D eigenvalue weighted by atomic mass is 10.00. The van der Waals surface area contributed by atoms with Gasteiger partial charge in [0.05, 0.1) is 21.9 Å². The zero-order valence-electron chi connectivity index (χ0n) is 13.5. The molecule has 4 rings (SSSR count). The quantitative estimate of drug-likeness (QED) is 0.501. The lowest BCUT2D eigenvalue weighted by Crippen LogP contribution is -2.10. The van der Waals surface area contributed by atoms with Crippen molar-refractivity contribution in [1.29, 1.82) is 0 Å². The summed E-state index contributed by atoms with van der Waals surface area (Å²) in [6.07, 6.45) is 0.862. The smallest absolute Gasteiger partial charge is 0.263 e. The van der Waals surface area contributed by atoms with E-state index in [4.69, 9.17) is 4.74 Å². The Bertz CT molecular complexity index is 975. The maximum Gasteiger partial charge on any atom is 0.263 e. The first-order valence-electron chi connectivity index (χ1n) is 7.87. The van der Waals surface area contributed by atoms with Gasteiger partial charge in [-0.15, -0.1) is 0 Å². The summed E-state index contributed by atoms with van der Waals surface area (Å²) < 4.78 is 8.37. The van der Waals surface area contributed by atoms with E-state index in [1.54, 1.807) is 7.11 Å². The Hall–Kier alpha value is -1.86. The fraction of sp³-hybridized carbons (Fsp3) is 0.211. The molecule has 24 heavy (non-hydrogen) atoms. The van der Waals surface area contributed by atoms with Gasteiger partial charge in [-0.25, -0.2) is 0 Å². The van der Waals surface area contributed by atoms with Crippen molar-refractivity contribution in [3.63, 3.8) is 0 Å². The number of nitrogens with one attached hydrogen (secondary N) is 1. The monoisotopic (exact) mass is 432 g/mol. The van der Waals surface area contributed by atoms with E-state index in [9.17, 15) is 4.79 Å². The molecule has 0 unspecified atom stereocenters. The van der Waals surface area contributed by atoms with E-state index in [1.807, 2.05) is 41.9 Å². The Morgan fingerprint density at radius 2 is 1.96 bits per heavy atom. The van der Waals surface area contributed by atoms with Crippen LogP contribution in [0.2, 0.25) is 0 Å². The number of methoxy groups -OCH3 is 1. The molecule has 1 N–H and O–H groups in total. The van der Waals surface area contributed by atoms with Crippen molar-refractivity contribution < 1.29 is 9.53 Å². The first-order chi connectivity index (χ1) is 11.7. The maximum absolute atomic E-state index is 13.0. The highest BCUT2D eigenvalue weighted by Gasteiger charge is 2.32. The van der Waals surface area contributed by atoms with E-state index in [0.717, 1.165) is 50.0 Å². The zero-order valence-corrected chi connectivity index (χ0v) is 15.7. The van der Waals surface area contributed by atoms with Crippen molar-refractivity contribution >= 4 is 39.4 Å². The third kappa shape index (κ3) is 2.11. The van der Waals surface area contributed by atoms with Gasteiger partial charge in [-0.3, -0.25) is 9.36 Å². The molecule has 1 aromatic heterocycles. The molecule has 0 saturated heterocycles. The van der Waals surface area contributed by atoms with Crippen LogP contribution in [0.3, 0.4) is 0 Å². The third-order valence-corrected chi connectivity index (χ3v) is 5.43. The standard InChI is InChI=1S/C19H17IN2O2/c1-21-8-7-12-14-9-17(24-2)15(20)10-16(14)22-18(12)11-5-3-4-6-13(11)19(22)23/h3-6,9-10,21H,7-8H2,1-2H3. The van der Waals surface area contributed by atoms with E-state index < -0.39 is 0 Å². The molecule has 2 aromatic carbocycles. The summed E-state index contributed by atoms with van der Waals surface area (Å²) in [6, 6.07) is 12.0. The number of aromatic nitrogens is 1. The van der Waals surface area contributed by atoms with Gasteiger partial charge in [0.2, 0.25) is 0 Å². The predicted octanol–water partition coefficient (Wildman–Crippen LogP) is 3.69. The molecule has 2 heterocycles. The molecule has 0 saturated carbocycles. The molecule has 0 fully saturated rings. The SMILES string of the molecule is CNCCc1c2n(c3cc(I)c(OC)cc13)C(=O)c1ccccc1-2. The molecule has 1 aliphatic rings. The van der Waals surface area contributed by atoms with E-state index in [0.29, 0.717) is 0 Å². The van der Waals surface area contributed by atoms with Crippen molar-refractivity contribution in [3.8, 4) is 17.0 Å². The van der Waals surface area contributed by atoms with Gasteiger partial charge >= 0.3 is 0 Å². The maximum atomic E-state index is 13.0. The van der Waals surface area contributed by atoms with Gasteiger partial charge in [-0.1, -0.05) is 18.2 Å². The third-order valence-electron chi connectivity index (χ3n) is 4.59. The number of benzene rings is 2. The van der Waals surface area contributed by atoms with Crippen LogP contribution < -0.4 is 10.1 Å². The number of carbonyl (C=O) groups is 1. The van der Waals surface area contributed by atoms with Crippen molar-refractivity contribution in [2.75, 3.05) is 20.7 Å². The lowest BCUT2D eigenvalue weighted by Gasteiger charge is -2.07. The molecule has 0 amide bonds. The van der Waals surface area contributed by atoms with Crippen molar-refractivity contribution in [1.82, 2.24) is 9.88 Å². The van der Waals surface area contributed by atoms with Crippen molar-refractivity contribution in [3.05, 3.63) is 51.1 Å². The summed E-state index contributed by atoms with van der Waals surface area (Å²) in [5.74, 6) is 0.904. The number of likely N-dealkylation sites (N-methyl/N-ethyl adjacent to an activating group) is 1. The highest BCUT2D eigenvalue weighted by atomic mass is 127. The fourth-order valence-electron chi connectivity index (χ4n) is 3.50. The number of nitrogens with zero attached hydrogens (tertiary/aromatic N) is 1. The van der Waals surface area contributed by atoms with Gasteiger partial charge in [0, 0.05) is 16.5 Å². The second kappa shape index (κ2) is 5.89. The minimum absolute atomic E-state index is 0.0577. The van der Waals surface area contributed by atoms with Crippen LogP contribution in [0.15, 0.2) is 36.4 Å².